The van der Waals surface area contributed by atoms with E-state index in [0.29, 0.717) is 19.1 Å². The second-order valence-corrected chi connectivity index (χ2v) is 9.36. The number of nitrogens with zero attached hydrogens (tertiary/aromatic N) is 1. The van der Waals surface area contributed by atoms with E-state index in [-0.39, 0.29) is 41.0 Å². The van der Waals surface area contributed by atoms with Crippen LogP contribution < -0.4 is 14.9 Å². The molecule has 10 nitrogen and oxygen atoms in total. The Labute approximate surface area is 192 Å². The maximum atomic E-state index is 13.6. The normalized spacial score (nSPS) is 17.0. The van der Waals surface area contributed by atoms with Gasteiger partial charge in [0.25, 0.3) is 0 Å². The van der Waals surface area contributed by atoms with E-state index in [2.05, 4.69) is 15.4 Å². The predicted molar refractivity (Wildman–Crippen MR) is 120 cm³/mol. The summed E-state index contributed by atoms with van der Waals surface area (Å²) in [5.74, 6) is -0.602. The summed E-state index contributed by atoms with van der Waals surface area (Å²) in [6.07, 6.45) is 3.01. The molecule has 0 aliphatic carbocycles. The number of carbonyl (C=O) groups is 2. The zero-order valence-electron chi connectivity index (χ0n) is 18.5. The molecular weight excluding hydrogens is 449 g/mol. The fraction of sp³-hybridized carbons (Fsp3) is 0.409. The third kappa shape index (κ3) is 6.85. The number of aldehydes is 1. The Kier molecular flexibility index (Phi) is 8.57. The number of para-hydroxylation sites is 1. The van der Waals surface area contributed by atoms with Gasteiger partial charge in [-0.3, -0.25) is 19.1 Å². The van der Waals surface area contributed by atoms with Crippen LogP contribution in [0, 0.1) is 6.92 Å². The van der Waals surface area contributed by atoms with E-state index in [9.17, 15) is 19.3 Å². The molecule has 1 fully saturated rings. The summed E-state index contributed by atoms with van der Waals surface area (Å²) in [6.45, 7) is 4.21. The quantitative estimate of drug-likeness (QED) is 0.266. The van der Waals surface area contributed by atoms with Gasteiger partial charge in [0.1, 0.15) is 23.6 Å². The van der Waals surface area contributed by atoms with Crippen LogP contribution in [-0.4, -0.2) is 47.6 Å². The molecule has 1 aliphatic heterocycles. The van der Waals surface area contributed by atoms with Crippen LogP contribution in [0.3, 0.4) is 0 Å². The number of ether oxygens (including phenoxy) is 1. The molecule has 0 amide bonds. The topological polar surface area (TPSA) is 136 Å². The maximum absolute atomic E-state index is 13.6. The molecule has 2 atom stereocenters. The first-order valence-corrected chi connectivity index (χ1v) is 12.2. The van der Waals surface area contributed by atoms with Crippen LogP contribution in [0.2, 0.25) is 0 Å². The molecule has 2 heterocycles. The highest BCUT2D eigenvalue weighted by atomic mass is 31.2. The summed E-state index contributed by atoms with van der Waals surface area (Å²) in [5.41, 5.74) is 0.473. The molecule has 2 aromatic rings. The number of pyridine rings is 1. The monoisotopic (exact) mass is 477 g/mol. The Balaban J connectivity index is 1.75. The second-order valence-electron chi connectivity index (χ2n) is 7.66. The summed E-state index contributed by atoms with van der Waals surface area (Å²) >= 11 is 0. The van der Waals surface area contributed by atoms with Crippen molar-refractivity contribution in [3.63, 3.8) is 0 Å². The van der Waals surface area contributed by atoms with Gasteiger partial charge in [0.15, 0.2) is 6.29 Å². The zero-order valence-corrected chi connectivity index (χ0v) is 19.4. The lowest BCUT2D eigenvalue weighted by Crippen LogP contribution is -2.40. The van der Waals surface area contributed by atoms with Crippen molar-refractivity contribution in [1.82, 2.24) is 15.4 Å². The molecule has 0 spiro atoms. The summed E-state index contributed by atoms with van der Waals surface area (Å²) < 4.78 is 30.2. The van der Waals surface area contributed by atoms with Gasteiger partial charge in [-0.15, -0.1) is 0 Å². The standard InChI is InChI=1S/C22H28N3O7P/c1-15-21(27)20(13-26)17(12-24-15)14-30-33(29,32-19-6-4-3-5-7-19)25-16(2)22(28)31-18-8-10-23-11-9-18/h3-7,12-13,16,18,23,27H,8-11,14H2,1-2H3,(H,25,29)/t16-,33?/m0/s1. The van der Waals surface area contributed by atoms with Crippen molar-refractivity contribution in [3.05, 3.63) is 53.3 Å². The van der Waals surface area contributed by atoms with Gasteiger partial charge in [-0.25, -0.2) is 4.57 Å². The highest BCUT2D eigenvalue weighted by Crippen LogP contribution is 2.46. The number of benzene rings is 1. The number of nitrogens with one attached hydrogen (secondary N) is 2. The van der Waals surface area contributed by atoms with Crippen molar-refractivity contribution in [2.24, 2.45) is 0 Å². The van der Waals surface area contributed by atoms with Crippen molar-refractivity contribution in [1.29, 1.82) is 0 Å². The molecule has 0 bridgehead atoms. The number of carbonyl (C=O) groups excluding carboxylic acids is 2. The first-order chi connectivity index (χ1) is 15.8. The van der Waals surface area contributed by atoms with Gasteiger partial charge in [-0.2, -0.15) is 5.09 Å². The van der Waals surface area contributed by atoms with Gasteiger partial charge in [0.2, 0.25) is 0 Å². The van der Waals surface area contributed by atoms with E-state index in [4.69, 9.17) is 13.8 Å². The lowest BCUT2D eigenvalue weighted by molar-refractivity contribution is -0.151. The number of piperidine rings is 1. The molecule has 1 unspecified atom stereocenters. The molecule has 3 rings (SSSR count). The molecule has 178 valence electrons. The van der Waals surface area contributed by atoms with Crippen molar-refractivity contribution in [2.75, 3.05) is 13.1 Å². The summed E-state index contributed by atoms with van der Waals surface area (Å²) in [5, 5.41) is 15.9. The van der Waals surface area contributed by atoms with E-state index in [0.717, 1.165) is 13.1 Å². The third-order valence-electron chi connectivity index (χ3n) is 5.11. The number of aromatic hydroxyl groups is 1. The molecule has 1 aromatic heterocycles. The van der Waals surface area contributed by atoms with E-state index >= 15 is 0 Å². The van der Waals surface area contributed by atoms with Crippen LogP contribution in [-0.2, 0) is 25.2 Å². The van der Waals surface area contributed by atoms with Crippen molar-refractivity contribution in [3.8, 4) is 11.5 Å². The van der Waals surface area contributed by atoms with Gasteiger partial charge >= 0.3 is 13.7 Å². The molecule has 1 aliphatic rings. The number of rotatable bonds is 10. The van der Waals surface area contributed by atoms with Crippen molar-refractivity contribution >= 4 is 20.0 Å². The van der Waals surface area contributed by atoms with E-state index < -0.39 is 19.8 Å². The minimum Gasteiger partial charge on any atom is -0.505 e. The number of aryl methyl sites for hydroxylation is 1. The average molecular weight is 477 g/mol. The fourth-order valence-electron chi connectivity index (χ4n) is 3.23. The number of aromatic nitrogens is 1. The van der Waals surface area contributed by atoms with Gasteiger partial charge < -0.3 is 19.7 Å². The van der Waals surface area contributed by atoms with Gasteiger partial charge in [-0.05, 0) is 51.9 Å². The van der Waals surface area contributed by atoms with E-state index in [1.807, 2.05) is 0 Å². The van der Waals surface area contributed by atoms with Gasteiger partial charge in [-0.1, -0.05) is 18.2 Å². The number of hydrogen-bond donors (Lipinski definition) is 3. The highest BCUT2D eigenvalue weighted by Gasteiger charge is 2.33. The van der Waals surface area contributed by atoms with Crippen LogP contribution in [0.4, 0.5) is 0 Å². The first kappa shape index (κ1) is 24.9. The number of hydrogen-bond acceptors (Lipinski definition) is 9. The molecule has 0 saturated carbocycles. The lowest BCUT2D eigenvalue weighted by atomic mass is 10.1. The minimum absolute atomic E-state index is 0.0212. The summed E-state index contributed by atoms with van der Waals surface area (Å²) in [4.78, 5) is 28.0. The zero-order chi connectivity index (χ0) is 23.8. The van der Waals surface area contributed by atoms with Crippen molar-refractivity contribution in [2.45, 2.75) is 45.4 Å². The Morgan fingerprint density at radius 2 is 2.03 bits per heavy atom. The minimum atomic E-state index is -4.12. The maximum Gasteiger partial charge on any atom is 0.459 e. The molecule has 11 heteroatoms. The molecule has 0 radical (unpaired) electrons. The largest absolute Gasteiger partial charge is 0.505 e. The second kappa shape index (κ2) is 11.4. The van der Waals surface area contributed by atoms with Crippen LogP contribution >= 0.6 is 7.75 Å². The molecule has 1 aromatic carbocycles. The van der Waals surface area contributed by atoms with Crippen LogP contribution in [0.5, 0.6) is 11.5 Å². The Morgan fingerprint density at radius 3 is 2.70 bits per heavy atom. The third-order valence-corrected chi connectivity index (χ3v) is 6.73. The molecule has 3 N–H and O–H groups in total. The fourth-order valence-corrected chi connectivity index (χ4v) is 4.70. The van der Waals surface area contributed by atoms with Crippen LogP contribution in [0.15, 0.2) is 36.5 Å². The highest BCUT2D eigenvalue weighted by molar-refractivity contribution is 7.52. The van der Waals surface area contributed by atoms with E-state index in [1.165, 1.54) is 13.1 Å². The Morgan fingerprint density at radius 1 is 1.33 bits per heavy atom. The Hall–Kier alpha value is -2.78. The summed E-state index contributed by atoms with van der Waals surface area (Å²) in [6, 6.07) is 7.34. The molecule has 33 heavy (non-hydrogen) atoms. The van der Waals surface area contributed by atoms with Crippen LogP contribution in [0.1, 0.15) is 41.4 Å². The van der Waals surface area contributed by atoms with Crippen LogP contribution in [0.25, 0.3) is 0 Å². The predicted octanol–water partition coefficient (Wildman–Crippen LogP) is 2.89. The average Bonchev–Trinajstić information content (AvgIpc) is 2.81. The number of esters is 1. The van der Waals surface area contributed by atoms with Crippen molar-refractivity contribution < 1.29 is 33.0 Å². The lowest BCUT2D eigenvalue weighted by Gasteiger charge is -2.26. The van der Waals surface area contributed by atoms with E-state index in [1.54, 1.807) is 37.3 Å². The smallest absolute Gasteiger partial charge is 0.459 e. The van der Waals surface area contributed by atoms with Gasteiger partial charge in [0, 0.05) is 11.8 Å². The van der Waals surface area contributed by atoms with Gasteiger partial charge in [0.05, 0.1) is 17.9 Å². The Bertz CT molecular complexity index is 1010. The molecular formula is C22H28N3O7P. The molecule has 1 saturated heterocycles. The first-order valence-electron chi connectivity index (χ1n) is 10.6. The summed E-state index contributed by atoms with van der Waals surface area (Å²) in [7, 11) is -4.12. The SMILES string of the molecule is Cc1ncc(COP(=O)(N[C@@H](C)C(=O)OC2CCNCC2)Oc2ccccc2)c(C=O)c1O.